The van der Waals surface area contributed by atoms with Crippen LogP contribution in [0.15, 0.2) is 18.2 Å². The Balaban J connectivity index is 3.12. The van der Waals surface area contributed by atoms with Gasteiger partial charge in [-0.25, -0.2) is 0 Å². The van der Waals surface area contributed by atoms with Crippen molar-refractivity contribution in [3.63, 3.8) is 0 Å². The third-order valence-electron chi connectivity index (χ3n) is 4.58. The lowest BCUT2D eigenvalue weighted by Gasteiger charge is -2.32. The van der Waals surface area contributed by atoms with Crippen LogP contribution in [-0.2, 0) is 12.0 Å². The summed E-state index contributed by atoms with van der Waals surface area (Å²) in [5.41, 5.74) is 3.32. The first-order valence-electron chi connectivity index (χ1n) is 8.90. The summed E-state index contributed by atoms with van der Waals surface area (Å²) in [5, 5.41) is 11.3. The molecule has 0 fully saturated rings. The first-order valence-corrected chi connectivity index (χ1v) is 8.90. The fraction of sp³-hybridized carbons (Fsp3) is 0.700. The molecule has 0 unspecified atom stereocenters. The molecule has 0 radical (unpaired) electrons. The first-order chi connectivity index (χ1) is 10.1. The highest BCUT2D eigenvalue weighted by Crippen LogP contribution is 2.36. The topological polar surface area (TPSA) is 20.2 Å². The van der Waals surface area contributed by atoms with E-state index < -0.39 is 5.60 Å². The minimum absolute atomic E-state index is 0.624. The normalized spacial score (nSPS) is 11.9. The Labute approximate surface area is 131 Å². The van der Waals surface area contributed by atoms with Crippen molar-refractivity contribution in [2.24, 2.45) is 0 Å². The van der Waals surface area contributed by atoms with E-state index in [0.29, 0.717) is 0 Å². The van der Waals surface area contributed by atoms with Gasteiger partial charge in [0.25, 0.3) is 0 Å². The molecule has 21 heavy (non-hydrogen) atoms. The molecular weight excluding hydrogens is 256 g/mol. The molecule has 1 heteroatoms. The summed E-state index contributed by atoms with van der Waals surface area (Å²) in [7, 11) is 0. The van der Waals surface area contributed by atoms with Crippen LogP contribution in [0.5, 0.6) is 0 Å². The molecule has 0 aromatic heterocycles. The first kappa shape index (κ1) is 18.2. The second-order valence-corrected chi connectivity index (χ2v) is 6.44. The average molecular weight is 290 g/mol. The highest BCUT2D eigenvalue weighted by molar-refractivity contribution is 5.38. The molecule has 1 aromatic rings. The quantitative estimate of drug-likeness (QED) is 0.568. The molecule has 0 saturated carbocycles. The van der Waals surface area contributed by atoms with Gasteiger partial charge in [0, 0.05) is 0 Å². The van der Waals surface area contributed by atoms with Gasteiger partial charge < -0.3 is 5.11 Å². The van der Waals surface area contributed by atoms with Crippen LogP contribution < -0.4 is 0 Å². The maximum absolute atomic E-state index is 11.3. The summed E-state index contributed by atoms with van der Waals surface area (Å²) < 4.78 is 0. The van der Waals surface area contributed by atoms with Crippen molar-refractivity contribution >= 4 is 0 Å². The Bertz CT molecular complexity index is 400. The van der Waals surface area contributed by atoms with Gasteiger partial charge in [0.15, 0.2) is 0 Å². The Morgan fingerprint density at radius 2 is 1.48 bits per heavy atom. The second-order valence-electron chi connectivity index (χ2n) is 6.44. The van der Waals surface area contributed by atoms with Gasteiger partial charge in [-0.3, -0.25) is 0 Å². The Kier molecular flexibility index (Phi) is 8.03. The molecule has 1 N–H and O–H groups in total. The van der Waals surface area contributed by atoms with Crippen molar-refractivity contribution in [3.8, 4) is 0 Å². The van der Waals surface area contributed by atoms with E-state index in [0.717, 1.165) is 44.9 Å². The number of hydrogen-bond acceptors (Lipinski definition) is 1. The number of unbranched alkanes of at least 4 members (excludes halogenated alkanes) is 3. The van der Waals surface area contributed by atoms with Gasteiger partial charge in [-0.15, -0.1) is 0 Å². The maximum atomic E-state index is 11.3. The van der Waals surface area contributed by atoms with Crippen LogP contribution in [0, 0.1) is 6.92 Å². The molecule has 0 heterocycles. The zero-order valence-corrected chi connectivity index (χ0v) is 14.5. The summed E-state index contributed by atoms with van der Waals surface area (Å²) in [4.78, 5) is 0. The van der Waals surface area contributed by atoms with E-state index in [-0.39, 0.29) is 0 Å². The van der Waals surface area contributed by atoms with E-state index in [4.69, 9.17) is 0 Å². The predicted molar refractivity (Wildman–Crippen MR) is 92.7 cm³/mol. The van der Waals surface area contributed by atoms with Gasteiger partial charge in [0.1, 0.15) is 0 Å². The van der Waals surface area contributed by atoms with Crippen molar-refractivity contribution in [3.05, 3.63) is 34.9 Å². The van der Waals surface area contributed by atoms with Gasteiger partial charge in [-0.05, 0) is 49.3 Å². The summed E-state index contributed by atoms with van der Waals surface area (Å²) in [6, 6.07) is 6.47. The van der Waals surface area contributed by atoms with Crippen LogP contribution in [0.4, 0.5) is 0 Å². The lowest BCUT2D eigenvalue weighted by molar-refractivity contribution is 0.0132. The standard InChI is InChI=1S/C20H34O/c1-5-8-13-18-17(4)12-11-14-19(18)20(21,15-9-6-2)16-10-7-3/h11-12,14,21H,5-10,13,15-16H2,1-4H3. The van der Waals surface area contributed by atoms with Gasteiger partial charge in [0.2, 0.25) is 0 Å². The van der Waals surface area contributed by atoms with Gasteiger partial charge in [-0.2, -0.15) is 0 Å². The van der Waals surface area contributed by atoms with Gasteiger partial charge >= 0.3 is 0 Å². The molecule has 0 saturated heterocycles. The number of benzene rings is 1. The predicted octanol–water partition coefficient (Wildman–Crippen LogP) is 5.91. The molecule has 0 bridgehead atoms. The van der Waals surface area contributed by atoms with E-state index in [9.17, 15) is 5.11 Å². The van der Waals surface area contributed by atoms with Crippen molar-refractivity contribution in [1.82, 2.24) is 0 Å². The van der Waals surface area contributed by atoms with Crippen LogP contribution in [0.2, 0.25) is 0 Å². The molecule has 120 valence electrons. The number of aryl methyl sites for hydroxylation is 1. The molecule has 0 spiro atoms. The lowest BCUT2D eigenvalue weighted by atomic mass is 9.79. The van der Waals surface area contributed by atoms with E-state index in [1.54, 1.807) is 0 Å². The van der Waals surface area contributed by atoms with E-state index in [2.05, 4.69) is 45.9 Å². The largest absolute Gasteiger partial charge is 0.385 e. The summed E-state index contributed by atoms with van der Waals surface area (Å²) in [6.45, 7) is 8.83. The summed E-state index contributed by atoms with van der Waals surface area (Å²) in [5.74, 6) is 0. The van der Waals surface area contributed by atoms with E-state index in [1.807, 2.05) is 0 Å². The molecule has 0 amide bonds. The zero-order valence-electron chi connectivity index (χ0n) is 14.5. The van der Waals surface area contributed by atoms with E-state index in [1.165, 1.54) is 29.5 Å². The molecule has 1 rings (SSSR count). The molecule has 0 aliphatic heterocycles. The van der Waals surface area contributed by atoms with Crippen LogP contribution >= 0.6 is 0 Å². The second kappa shape index (κ2) is 9.25. The van der Waals surface area contributed by atoms with Crippen LogP contribution in [-0.4, -0.2) is 5.11 Å². The Hall–Kier alpha value is -0.820. The average Bonchev–Trinajstić information content (AvgIpc) is 2.49. The smallest absolute Gasteiger partial charge is 0.0899 e. The monoisotopic (exact) mass is 290 g/mol. The van der Waals surface area contributed by atoms with Gasteiger partial charge in [0.05, 0.1) is 5.60 Å². The van der Waals surface area contributed by atoms with E-state index >= 15 is 0 Å². The molecule has 1 aromatic carbocycles. The third-order valence-corrected chi connectivity index (χ3v) is 4.58. The van der Waals surface area contributed by atoms with Crippen molar-refractivity contribution in [2.45, 2.75) is 91.1 Å². The maximum Gasteiger partial charge on any atom is 0.0899 e. The van der Waals surface area contributed by atoms with Crippen LogP contribution in [0.1, 0.15) is 88.8 Å². The number of hydrogen-bond donors (Lipinski definition) is 1. The lowest BCUT2D eigenvalue weighted by Crippen LogP contribution is -2.27. The van der Waals surface area contributed by atoms with Crippen molar-refractivity contribution in [2.75, 3.05) is 0 Å². The Morgan fingerprint density at radius 1 is 0.905 bits per heavy atom. The molecule has 0 atom stereocenters. The SMILES string of the molecule is CCCCc1c(C)cccc1C(O)(CCCC)CCCC. The highest BCUT2D eigenvalue weighted by atomic mass is 16.3. The van der Waals surface area contributed by atoms with Crippen LogP contribution in [0.3, 0.4) is 0 Å². The fourth-order valence-electron chi connectivity index (χ4n) is 3.16. The fourth-order valence-corrected chi connectivity index (χ4v) is 3.16. The highest BCUT2D eigenvalue weighted by Gasteiger charge is 2.30. The van der Waals surface area contributed by atoms with Gasteiger partial charge in [-0.1, -0.05) is 71.1 Å². The minimum Gasteiger partial charge on any atom is -0.385 e. The molecular formula is C20H34O. The molecule has 0 aliphatic carbocycles. The molecule has 1 nitrogen and oxygen atoms in total. The van der Waals surface area contributed by atoms with Crippen LogP contribution in [0.25, 0.3) is 0 Å². The number of aliphatic hydroxyl groups is 1. The summed E-state index contributed by atoms with van der Waals surface area (Å²) in [6.07, 6.45) is 9.78. The Morgan fingerprint density at radius 3 is 2.00 bits per heavy atom. The molecule has 0 aliphatic rings. The third kappa shape index (κ3) is 5.14. The van der Waals surface area contributed by atoms with Crippen molar-refractivity contribution in [1.29, 1.82) is 0 Å². The number of rotatable bonds is 10. The summed E-state index contributed by atoms with van der Waals surface area (Å²) >= 11 is 0. The van der Waals surface area contributed by atoms with Crippen molar-refractivity contribution < 1.29 is 5.11 Å². The minimum atomic E-state index is -0.624. The zero-order chi connectivity index (χ0) is 15.7.